The van der Waals surface area contributed by atoms with Crippen molar-refractivity contribution in [1.82, 2.24) is 0 Å². The van der Waals surface area contributed by atoms with Crippen LogP contribution in [0.25, 0.3) is 0 Å². The van der Waals surface area contributed by atoms with E-state index in [1.165, 1.54) is 24.3 Å². The molecule has 2 aromatic carbocycles. The van der Waals surface area contributed by atoms with Crippen molar-refractivity contribution in [3.8, 4) is 5.75 Å². The molecule has 0 saturated heterocycles. The zero-order chi connectivity index (χ0) is 17.4. The van der Waals surface area contributed by atoms with Crippen LogP contribution >= 0.6 is 11.6 Å². The highest BCUT2D eigenvalue weighted by Gasteiger charge is 2.13. The molecular formula is C18H17ClO5. The Labute approximate surface area is 145 Å². The van der Waals surface area contributed by atoms with Crippen molar-refractivity contribution in [3.05, 3.63) is 64.7 Å². The molecule has 0 aromatic heterocycles. The summed E-state index contributed by atoms with van der Waals surface area (Å²) in [6, 6.07) is 12.7. The highest BCUT2D eigenvalue weighted by molar-refractivity contribution is 6.33. The Morgan fingerprint density at radius 2 is 1.67 bits per heavy atom. The molecule has 0 saturated carbocycles. The number of rotatable bonds is 7. The highest BCUT2D eigenvalue weighted by Crippen LogP contribution is 2.19. The zero-order valence-corrected chi connectivity index (χ0v) is 13.9. The normalized spacial score (nSPS) is 10.2. The number of hydrogen-bond donors (Lipinski definition) is 0. The van der Waals surface area contributed by atoms with Gasteiger partial charge in [0.05, 0.1) is 22.8 Å². The molecule has 126 valence electrons. The minimum atomic E-state index is -0.562. The Hall–Kier alpha value is -2.37. The number of hydrogen-bond acceptors (Lipinski definition) is 5. The monoisotopic (exact) mass is 348 g/mol. The van der Waals surface area contributed by atoms with Crippen molar-refractivity contribution in [1.29, 1.82) is 0 Å². The molecule has 0 radical (unpaired) electrons. The van der Waals surface area contributed by atoms with E-state index in [1.807, 2.05) is 6.92 Å². The summed E-state index contributed by atoms with van der Waals surface area (Å²) in [6.45, 7) is 2.99. The van der Waals surface area contributed by atoms with E-state index in [0.29, 0.717) is 29.5 Å². The molecule has 0 bridgehead atoms. The predicted molar refractivity (Wildman–Crippen MR) is 89.6 cm³/mol. The van der Waals surface area contributed by atoms with E-state index in [9.17, 15) is 9.59 Å². The maximum atomic E-state index is 12.0. The number of ether oxygens (including phenoxy) is 3. The van der Waals surface area contributed by atoms with Gasteiger partial charge in [-0.2, -0.15) is 0 Å². The van der Waals surface area contributed by atoms with Gasteiger partial charge in [0.25, 0.3) is 0 Å². The predicted octanol–water partition coefficient (Wildman–Crippen LogP) is 3.75. The van der Waals surface area contributed by atoms with Crippen LogP contribution in [-0.4, -0.2) is 31.8 Å². The third-order valence-electron chi connectivity index (χ3n) is 3.06. The van der Waals surface area contributed by atoms with Gasteiger partial charge in [0, 0.05) is 6.61 Å². The Bertz CT molecular complexity index is 697. The van der Waals surface area contributed by atoms with Gasteiger partial charge in [0.2, 0.25) is 0 Å². The van der Waals surface area contributed by atoms with Crippen LogP contribution in [0.15, 0.2) is 48.5 Å². The Morgan fingerprint density at radius 3 is 2.33 bits per heavy atom. The van der Waals surface area contributed by atoms with Crippen LogP contribution in [-0.2, 0) is 9.47 Å². The molecule has 0 amide bonds. The second kappa shape index (κ2) is 9.05. The summed E-state index contributed by atoms with van der Waals surface area (Å²) in [4.78, 5) is 23.8. The van der Waals surface area contributed by atoms with E-state index in [2.05, 4.69) is 0 Å². The largest absolute Gasteiger partial charge is 0.460 e. The fraction of sp³-hybridized carbons (Fsp3) is 0.222. The van der Waals surface area contributed by atoms with E-state index in [0.717, 1.165) is 0 Å². The molecule has 0 aliphatic carbocycles. The summed E-state index contributed by atoms with van der Waals surface area (Å²) in [5.74, 6) is -0.711. The fourth-order valence-corrected chi connectivity index (χ4v) is 2.08. The molecule has 0 fully saturated rings. The first kappa shape index (κ1) is 18.0. The van der Waals surface area contributed by atoms with Crippen molar-refractivity contribution >= 4 is 23.5 Å². The van der Waals surface area contributed by atoms with Crippen LogP contribution in [0.1, 0.15) is 27.6 Å². The Morgan fingerprint density at radius 1 is 0.958 bits per heavy atom. The van der Waals surface area contributed by atoms with Crippen LogP contribution in [0, 0.1) is 0 Å². The van der Waals surface area contributed by atoms with E-state index in [1.54, 1.807) is 24.3 Å². The summed E-state index contributed by atoms with van der Waals surface area (Å²) in [6.07, 6.45) is 0. The molecule has 5 nitrogen and oxygen atoms in total. The maximum Gasteiger partial charge on any atom is 0.345 e. The second-order valence-corrected chi connectivity index (χ2v) is 5.13. The van der Waals surface area contributed by atoms with Gasteiger partial charge in [-0.1, -0.05) is 23.7 Å². The summed E-state index contributed by atoms with van der Waals surface area (Å²) in [5.41, 5.74) is 0.641. The van der Waals surface area contributed by atoms with Gasteiger partial charge in [0.1, 0.15) is 12.4 Å². The quantitative estimate of drug-likeness (QED) is 0.433. The van der Waals surface area contributed by atoms with Crippen molar-refractivity contribution < 1.29 is 23.8 Å². The Balaban J connectivity index is 1.93. The first-order chi connectivity index (χ1) is 11.6. The van der Waals surface area contributed by atoms with Crippen LogP contribution in [0.2, 0.25) is 5.02 Å². The van der Waals surface area contributed by atoms with Gasteiger partial charge in [-0.25, -0.2) is 9.59 Å². The van der Waals surface area contributed by atoms with Crippen LogP contribution < -0.4 is 4.74 Å². The molecular weight excluding hydrogens is 332 g/mol. The molecule has 0 atom stereocenters. The van der Waals surface area contributed by atoms with Crippen LogP contribution in [0.4, 0.5) is 0 Å². The summed E-state index contributed by atoms with van der Waals surface area (Å²) >= 11 is 5.95. The van der Waals surface area contributed by atoms with Gasteiger partial charge in [-0.15, -0.1) is 0 Å². The number of halogens is 1. The first-order valence-corrected chi connectivity index (χ1v) is 7.81. The average Bonchev–Trinajstić information content (AvgIpc) is 2.59. The summed E-state index contributed by atoms with van der Waals surface area (Å²) < 4.78 is 15.4. The van der Waals surface area contributed by atoms with E-state index < -0.39 is 11.9 Å². The molecule has 2 rings (SSSR count). The lowest BCUT2D eigenvalue weighted by Gasteiger charge is -2.07. The smallest absolute Gasteiger partial charge is 0.345 e. The molecule has 0 spiro atoms. The fourth-order valence-electron chi connectivity index (χ4n) is 1.87. The van der Waals surface area contributed by atoms with Crippen molar-refractivity contribution in [3.63, 3.8) is 0 Å². The van der Waals surface area contributed by atoms with Crippen LogP contribution in [0.5, 0.6) is 5.75 Å². The van der Waals surface area contributed by atoms with Gasteiger partial charge in [0.15, 0.2) is 0 Å². The molecule has 2 aromatic rings. The molecule has 0 heterocycles. The Kier molecular flexibility index (Phi) is 6.78. The lowest BCUT2D eigenvalue weighted by atomic mass is 10.2. The molecule has 6 heteroatoms. The SMILES string of the molecule is CCOCCOC(=O)c1ccc(OC(=O)c2ccccc2Cl)cc1. The molecule has 0 N–H and O–H groups in total. The summed E-state index contributed by atoms with van der Waals surface area (Å²) in [5, 5.41) is 0.317. The molecule has 0 aliphatic heterocycles. The standard InChI is InChI=1S/C18H17ClO5/c1-2-22-11-12-23-17(20)13-7-9-14(10-8-13)24-18(21)15-5-3-4-6-16(15)19/h3-10H,2,11-12H2,1H3. The topological polar surface area (TPSA) is 61.8 Å². The van der Waals surface area contributed by atoms with Crippen molar-refractivity contribution in [2.24, 2.45) is 0 Å². The molecule has 0 aliphatic rings. The minimum absolute atomic E-state index is 0.190. The number of benzene rings is 2. The van der Waals surface area contributed by atoms with Gasteiger partial charge in [-0.05, 0) is 43.3 Å². The lowest BCUT2D eigenvalue weighted by molar-refractivity contribution is 0.0335. The number of carbonyl (C=O) groups is 2. The minimum Gasteiger partial charge on any atom is -0.460 e. The zero-order valence-electron chi connectivity index (χ0n) is 13.2. The third-order valence-corrected chi connectivity index (χ3v) is 3.39. The number of carbonyl (C=O) groups excluding carboxylic acids is 2. The second-order valence-electron chi connectivity index (χ2n) is 4.73. The third kappa shape index (κ3) is 5.08. The molecule has 0 unspecified atom stereocenters. The van der Waals surface area contributed by atoms with Crippen LogP contribution in [0.3, 0.4) is 0 Å². The average molecular weight is 349 g/mol. The lowest BCUT2D eigenvalue weighted by Crippen LogP contribution is -2.11. The first-order valence-electron chi connectivity index (χ1n) is 7.43. The summed E-state index contributed by atoms with van der Waals surface area (Å²) in [7, 11) is 0. The van der Waals surface area contributed by atoms with Gasteiger partial charge in [-0.3, -0.25) is 0 Å². The highest BCUT2D eigenvalue weighted by atomic mass is 35.5. The van der Waals surface area contributed by atoms with Crippen molar-refractivity contribution in [2.45, 2.75) is 6.92 Å². The van der Waals surface area contributed by atoms with Crippen molar-refractivity contribution in [2.75, 3.05) is 19.8 Å². The maximum absolute atomic E-state index is 12.0. The van der Waals surface area contributed by atoms with E-state index >= 15 is 0 Å². The van der Waals surface area contributed by atoms with E-state index in [4.69, 9.17) is 25.8 Å². The van der Waals surface area contributed by atoms with Gasteiger partial charge < -0.3 is 14.2 Å². The molecule has 24 heavy (non-hydrogen) atoms. The number of esters is 2. The van der Waals surface area contributed by atoms with Gasteiger partial charge >= 0.3 is 11.9 Å². The van der Waals surface area contributed by atoms with E-state index in [-0.39, 0.29) is 12.2 Å².